The highest BCUT2D eigenvalue weighted by Gasteiger charge is 2.16. The normalized spacial score (nSPS) is 12.0. The van der Waals surface area contributed by atoms with Crippen LogP contribution in [0.1, 0.15) is 29.0 Å². The van der Waals surface area contributed by atoms with Gasteiger partial charge in [0, 0.05) is 28.7 Å². The van der Waals surface area contributed by atoms with Crippen molar-refractivity contribution in [3.05, 3.63) is 94.4 Å². The van der Waals surface area contributed by atoms with E-state index in [1.54, 1.807) is 24.3 Å². The van der Waals surface area contributed by atoms with Gasteiger partial charge in [0.05, 0.1) is 16.8 Å². The van der Waals surface area contributed by atoms with Crippen molar-refractivity contribution in [3.63, 3.8) is 0 Å². The van der Waals surface area contributed by atoms with Crippen LogP contribution in [0.5, 0.6) is 0 Å². The SMILES string of the molecule is CC(NC(=O)c1cc(-c2ccc(Cl)cc2Cl)n[nH]1)c1ccc(-n2cccc2)cc1. The predicted molar refractivity (Wildman–Crippen MR) is 116 cm³/mol. The molecule has 4 rings (SSSR count). The van der Waals surface area contributed by atoms with Gasteiger partial charge in [-0.15, -0.1) is 0 Å². The minimum Gasteiger partial charge on any atom is -0.344 e. The molecule has 1 unspecified atom stereocenters. The fraction of sp³-hybridized carbons (Fsp3) is 0.0909. The minimum absolute atomic E-state index is 0.160. The minimum atomic E-state index is -0.240. The van der Waals surface area contributed by atoms with E-state index in [0.29, 0.717) is 27.0 Å². The molecule has 0 saturated carbocycles. The van der Waals surface area contributed by atoms with Crippen molar-refractivity contribution < 1.29 is 4.79 Å². The number of rotatable bonds is 5. The summed E-state index contributed by atoms with van der Waals surface area (Å²) in [5.41, 5.74) is 3.73. The van der Waals surface area contributed by atoms with Crippen molar-refractivity contribution in [2.45, 2.75) is 13.0 Å². The Labute approximate surface area is 178 Å². The van der Waals surface area contributed by atoms with Crippen LogP contribution in [0.25, 0.3) is 16.9 Å². The van der Waals surface area contributed by atoms with Crippen molar-refractivity contribution in [1.82, 2.24) is 20.1 Å². The molecule has 0 fully saturated rings. The van der Waals surface area contributed by atoms with E-state index in [4.69, 9.17) is 23.2 Å². The molecule has 7 heteroatoms. The second-order valence-corrected chi connectivity index (χ2v) is 7.51. The lowest BCUT2D eigenvalue weighted by atomic mass is 10.1. The number of aromatic nitrogens is 3. The van der Waals surface area contributed by atoms with E-state index in [2.05, 4.69) is 15.5 Å². The Morgan fingerprint density at radius 2 is 1.79 bits per heavy atom. The fourth-order valence-electron chi connectivity index (χ4n) is 3.07. The van der Waals surface area contributed by atoms with E-state index in [-0.39, 0.29) is 11.9 Å². The average molecular weight is 425 g/mol. The summed E-state index contributed by atoms with van der Waals surface area (Å²) in [6.45, 7) is 1.94. The number of hydrogen-bond donors (Lipinski definition) is 2. The van der Waals surface area contributed by atoms with Gasteiger partial charge in [0.1, 0.15) is 5.69 Å². The lowest BCUT2D eigenvalue weighted by Gasteiger charge is -2.14. The van der Waals surface area contributed by atoms with E-state index in [9.17, 15) is 4.79 Å². The Hall–Kier alpha value is -3.02. The number of benzene rings is 2. The Bertz CT molecular complexity index is 1130. The molecular weight excluding hydrogens is 407 g/mol. The Balaban J connectivity index is 1.46. The molecule has 4 aromatic rings. The molecule has 2 heterocycles. The zero-order chi connectivity index (χ0) is 20.4. The van der Waals surface area contributed by atoms with Crippen LogP contribution in [-0.4, -0.2) is 20.7 Å². The van der Waals surface area contributed by atoms with Gasteiger partial charge in [-0.3, -0.25) is 9.89 Å². The smallest absolute Gasteiger partial charge is 0.269 e. The van der Waals surface area contributed by atoms with Crippen LogP contribution >= 0.6 is 23.2 Å². The number of nitrogens with one attached hydrogen (secondary N) is 2. The van der Waals surface area contributed by atoms with Crippen LogP contribution in [0.2, 0.25) is 10.0 Å². The average Bonchev–Trinajstić information content (AvgIpc) is 3.40. The first-order chi connectivity index (χ1) is 14.0. The molecule has 0 saturated heterocycles. The first-order valence-electron chi connectivity index (χ1n) is 9.06. The lowest BCUT2D eigenvalue weighted by Crippen LogP contribution is -2.26. The number of nitrogens with zero attached hydrogens (tertiary/aromatic N) is 2. The van der Waals surface area contributed by atoms with Crippen molar-refractivity contribution in [2.24, 2.45) is 0 Å². The number of hydrogen-bond acceptors (Lipinski definition) is 2. The molecule has 0 aliphatic rings. The fourth-order valence-corrected chi connectivity index (χ4v) is 3.58. The van der Waals surface area contributed by atoms with Gasteiger partial charge in [-0.25, -0.2) is 0 Å². The van der Waals surface area contributed by atoms with E-state index in [1.165, 1.54) is 0 Å². The van der Waals surface area contributed by atoms with E-state index < -0.39 is 0 Å². The maximum absolute atomic E-state index is 12.6. The van der Waals surface area contributed by atoms with Crippen LogP contribution in [0.15, 0.2) is 73.1 Å². The summed E-state index contributed by atoms with van der Waals surface area (Å²) < 4.78 is 2.03. The molecular formula is C22H18Cl2N4O. The molecule has 0 radical (unpaired) electrons. The number of carbonyl (C=O) groups is 1. The van der Waals surface area contributed by atoms with Gasteiger partial charge in [-0.2, -0.15) is 5.10 Å². The highest BCUT2D eigenvalue weighted by molar-refractivity contribution is 6.36. The van der Waals surface area contributed by atoms with Gasteiger partial charge in [0.2, 0.25) is 0 Å². The number of H-pyrrole nitrogens is 1. The molecule has 5 nitrogen and oxygen atoms in total. The van der Waals surface area contributed by atoms with Gasteiger partial charge < -0.3 is 9.88 Å². The highest BCUT2D eigenvalue weighted by atomic mass is 35.5. The summed E-state index contributed by atoms with van der Waals surface area (Å²) in [5.74, 6) is -0.240. The predicted octanol–water partition coefficient (Wildman–Crippen LogP) is 5.67. The molecule has 0 aliphatic carbocycles. The standard InChI is InChI=1S/C22H18Cl2N4O/c1-14(15-4-7-17(8-5-15)28-10-2-3-11-28)25-22(29)21-13-20(26-27-21)18-9-6-16(23)12-19(18)24/h2-14H,1H3,(H,25,29)(H,26,27). The van der Waals surface area contributed by atoms with Gasteiger partial charge >= 0.3 is 0 Å². The van der Waals surface area contributed by atoms with E-state index >= 15 is 0 Å². The van der Waals surface area contributed by atoms with Crippen molar-refractivity contribution in [3.8, 4) is 16.9 Å². The second-order valence-electron chi connectivity index (χ2n) is 6.67. The molecule has 146 valence electrons. The first kappa shape index (κ1) is 19.3. The first-order valence-corrected chi connectivity index (χ1v) is 9.82. The van der Waals surface area contributed by atoms with Gasteiger partial charge in [-0.1, -0.05) is 35.3 Å². The van der Waals surface area contributed by atoms with E-state index in [0.717, 1.165) is 11.3 Å². The van der Waals surface area contributed by atoms with Gasteiger partial charge in [0.25, 0.3) is 5.91 Å². The molecule has 29 heavy (non-hydrogen) atoms. The quantitative estimate of drug-likeness (QED) is 0.433. The Morgan fingerprint density at radius 3 is 2.48 bits per heavy atom. The van der Waals surface area contributed by atoms with Crippen LogP contribution in [0, 0.1) is 0 Å². The lowest BCUT2D eigenvalue weighted by molar-refractivity contribution is 0.0935. The van der Waals surface area contributed by atoms with Crippen LogP contribution in [0.3, 0.4) is 0 Å². The van der Waals surface area contributed by atoms with Crippen molar-refractivity contribution >= 4 is 29.1 Å². The number of aromatic amines is 1. The largest absolute Gasteiger partial charge is 0.344 e. The number of carbonyl (C=O) groups excluding carboxylic acids is 1. The van der Waals surface area contributed by atoms with Crippen LogP contribution in [0.4, 0.5) is 0 Å². The Kier molecular flexibility index (Phi) is 5.43. The molecule has 1 atom stereocenters. The second kappa shape index (κ2) is 8.15. The molecule has 2 N–H and O–H groups in total. The Morgan fingerprint density at radius 1 is 1.07 bits per heavy atom. The maximum atomic E-state index is 12.6. The third-order valence-corrected chi connectivity index (χ3v) is 5.22. The summed E-state index contributed by atoms with van der Waals surface area (Å²) in [4.78, 5) is 12.6. The third-order valence-electron chi connectivity index (χ3n) is 4.67. The van der Waals surface area contributed by atoms with Crippen LogP contribution in [-0.2, 0) is 0 Å². The molecule has 0 aliphatic heterocycles. The van der Waals surface area contributed by atoms with Gasteiger partial charge in [0.15, 0.2) is 0 Å². The molecule has 2 aromatic carbocycles. The number of halogens is 2. The summed E-state index contributed by atoms with van der Waals surface area (Å²) in [6, 6.07) is 18.7. The highest BCUT2D eigenvalue weighted by Crippen LogP contribution is 2.29. The topological polar surface area (TPSA) is 62.7 Å². The molecule has 0 bridgehead atoms. The summed E-state index contributed by atoms with van der Waals surface area (Å²) >= 11 is 12.2. The summed E-state index contributed by atoms with van der Waals surface area (Å²) in [5, 5.41) is 11.0. The summed E-state index contributed by atoms with van der Waals surface area (Å²) in [7, 11) is 0. The zero-order valence-corrected chi connectivity index (χ0v) is 17.1. The zero-order valence-electron chi connectivity index (χ0n) is 15.6. The molecule has 2 aromatic heterocycles. The monoisotopic (exact) mass is 424 g/mol. The summed E-state index contributed by atoms with van der Waals surface area (Å²) in [6.07, 6.45) is 3.98. The number of amides is 1. The third kappa shape index (κ3) is 4.21. The van der Waals surface area contributed by atoms with E-state index in [1.807, 2.05) is 60.3 Å². The molecule has 1 amide bonds. The molecule has 0 spiro atoms. The van der Waals surface area contributed by atoms with Gasteiger partial charge in [-0.05, 0) is 61.0 Å². The van der Waals surface area contributed by atoms with Crippen LogP contribution < -0.4 is 5.32 Å². The maximum Gasteiger partial charge on any atom is 0.269 e. The van der Waals surface area contributed by atoms with Crippen molar-refractivity contribution in [2.75, 3.05) is 0 Å². The van der Waals surface area contributed by atoms with Crippen molar-refractivity contribution in [1.29, 1.82) is 0 Å².